The Morgan fingerprint density at radius 3 is 2.49 bits per heavy atom. The highest BCUT2D eigenvalue weighted by molar-refractivity contribution is 7.91. The molecule has 1 fully saturated rings. The molecule has 1 saturated carbocycles. The first-order valence-corrected chi connectivity index (χ1v) is 13.2. The van der Waals surface area contributed by atoms with E-state index in [1.807, 2.05) is 6.92 Å². The minimum atomic E-state index is -3.86. The van der Waals surface area contributed by atoms with Crippen molar-refractivity contribution in [1.29, 1.82) is 0 Å². The lowest BCUT2D eigenvalue weighted by atomic mass is 10.2. The highest BCUT2D eigenvalue weighted by Crippen LogP contribution is 2.48. The zero-order chi connectivity index (χ0) is 25.1. The summed E-state index contributed by atoms with van der Waals surface area (Å²) in [4.78, 5) is 13.4. The summed E-state index contributed by atoms with van der Waals surface area (Å²) < 4.78 is 69.9. The predicted molar refractivity (Wildman–Crippen MR) is 123 cm³/mol. The predicted octanol–water partition coefficient (Wildman–Crippen LogP) is 3.19. The van der Waals surface area contributed by atoms with Crippen LogP contribution in [0.25, 0.3) is 16.2 Å². The summed E-state index contributed by atoms with van der Waals surface area (Å²) in [6.07, 6.45) is -1.87. The van der Waals surface area contributed by atoms with Crippen molar-refractivity contribution in [3.05, 3.63) is 51.1 Å². The Morgan fingerprint density at radius 1 is 1.17 bits per heavy atom. The van der Waals surface area contributed by atoms with E-state index in [0.29, 0.717) is 35.4 Å². The molecular formula is C21H21F3N6O3S2. The second kappa shape index (κ2) is 8.29. The maximum absolute atomic E-state index is 13.5. The average Bonchev–Trinajstić information content (AvgIpc) is 3.12. The van der Waals surface area contributed by atoms with Crippen LogP contribution in [-0.4, -0.2) is 50.0 Å². The number of aromatic nitrogens is 6. The monoisotopic (exact) mass is 526 g/mol. The fraction of sp³-hybridized carbons (Fsp3) is 0.429. The van der Waals surface area contributed by atoms with Gasteiger partial charge in [0.1, 0.15) is 0 Å². The largest absolute Gasteiger partial charge is 0.335 e. The number of halogens is 3. The zero-order valence-electron chi connectivity index (χ0n) is 18.8. The van der Waals surface area contributed by atoms with Crippen molar-refractivity contribution in [3.63, 3.8) is 0 Å². The molecule has 4 aromatic rings. The van der Waals surface area contributed by atoms with Gasteiger partial charge >= 0.3 is 5.69 Å². The molecule has 0 saturated heterocycles. The van der Waals surface area contributed by atoms with Gasteiger partial charge < -0.3 is 0 Å². The Bertz CT molecular complexity index is 1600. The first-order valence-electron chi connectivity index (χ1n) is 10.7. The Hall–Kier alpha value is -3.00. The molecule has 0 radical (unpaired) electrons. The van der Waals surface area contributed by atoms with Crippen LogP contribution in [0.15, 0.2) is 34.0 Å². The van der Waals surface area contributed by atoms with Crippen molar-refractivity contribution >= 4 is 32.2 Å². The fourth-order valence-electron chi connectivity index (χ4n) is 4.13. The molecule has 0 spiro atoms. The van der Waals surface area contributed by atoms with Crippen LogP contribution in [0.5, 0.6) is 0 Å². The third-order valence-electron chi connectivity index (χ3n) is 6.22. The minimum Gasteiger partial charge on any atom is -0.286 e. The summed E-state index contributed by atoms with van der Waals surface area (Å²) in [5.41, 5.74) is 0.574. The van der Waals surface area contributed by atoms with Crippen molar-refractivity contribution in [2.75, 3.05) is 12.4 Å². The van der Waals surface area contributed by atoms with Gasteiger partial charge in [0.25, 0.3) is 6.43 Å². The first-order chi connectivity index (χ1) is 16.5. The molecule has 3 aromatic heterocycles. The van der Waals surface area contributed by atoms with Crippen LogP contribution in [0.4, 0.5) is 13.2 Å². The standard InChI is InChI=1S/C21H21F3N6O3S2/c1-12-7-13(28(2)27-12)9-29-15-4-3-14(35(32,33)11-21(10-22)5-6-21)8-16(15)30(20(29)31)19-26-25-18(34-19)17(23)24/h3-4,7-8,17H,5-6,9-11H2,1-2H3. The minimum absolute atomic E-state index is 0.0781. The number of hydrogen-bond acceptors (Lipinski definition) is 7. The van der Waals surface area contributed by atoms with Gasteiger partial charge in [0, 0.05) is 12.5 Å². The second-order valence-corrected chi connectivity index (χ2v) is 11.8. The van der Waals surface area contributed by atoms with Gasteiger partial charge in [-0.2, -0.15) is 5.10 Å². The number of rotatable bonds is 8. The smallest absolute Gasteiger partial charge is 0.286 e. The van der Waals surface area contributed by atoms with E-state index in [0.717, 1.165) is 10.3 Å². The highest BCUT2D eigenvalue weighted by Gasteiger charge is 2.46. The Balaban J connectivity index is 1.69. The summed E-state index contributed by atoms with van der Waals surface area (Å²) in [7, 11) is -2.13. The van der Waals surface area contributed by atoms with Gasteiger partial charge in [0.15, 0.2) is 14.8 Å². The number of benzene rings is 1. The Kier molecular flexibility index (Phi) is 5.62. The highest BCUT2D eigenvalue weighted by atomic mass is 32.2. The summed E-state index contributed by atoms with van der Waals surface area (Å²) in [5.74, 6) is -0.338. The van der Waals surface area contributed by atoms with E-state index in [-0.39, 0.29) is 27.8 Å². The van der Waals surface area contributed by atoms with Crippen molar-refractivity contribution in [3.8, 4) is 5.13 Å². The third kappa shape index (κ3) is 4.18. The van der Waals surface area contributed by atoms with E-state index >= 15 is 0 Å². The van der Waals surface area contributed by atoms with Crippen molar-refractivity contribution in [2.24, 2.45) is 12.5 Å². The topological polar surface area (TPSA) is 105 Å². The zero-order valence-corrected chi connectivity index (χ0v) is 20.4. The fourth-order valence-corrected chi connectivity index (χ4v) is 6.74. The molecule has 3 heterocycles. The number of aryl methyl sites for hydroxylation is 2. The van der Waals surface area contributed by atoms with Crippen LogP contribution in [0.2, 0.25) is 0 Å². The molecule has 5 rings (SSSR count). The van der Waals surface area contributed by atoms with E-state index in [1.54, 1.807) is 17.8 Å². The van der Waals surface area contributed by atoms with Gasteiger partial charge in [-0.25, -0.2) is 26.6 Å². The number of hydrogen-bond donors (Lipinski definition) is 0. The molecule has 186 valence electrons. The van der Waals surface area contributed by atoms with Gasteiger partial charge in [0.05, 0.1) is 46.3 Å². The van der Waals surface area contributed by atoms with Gasteiger partial charge in [-0.3, -0.25) is 13.6 Å². The number of nitrogens with zero attached hydrogens (tertiary/aromatic N) is 6. The molecule has 35 heavy (non-hydrogen) atoms. The lowest BCUT2D eigenvalue weighted by molar-refractivity contribution is 0.150. The molecule has 0 amide bonds. The molecule has 1 aliphatic rings. The number of sulfone groups is 1. The summed E-state index contributed by atoms with van der Waals surface area (Å²) in [6.45, 7) is 1.20. The first kappa shape index (κ1) is 23.7. The molecule has 0 N–H and O–H groups in total. The maximum Gasteiger partial charge on any atom is 0.335 e. The molecule has 0 atom stereocenters. The lowest BCUT2D eigenvalue weighted by Crippen LogP contribution is -2.24. The van der Waals surface area contributed by atoms with E-state index in [9.17, 15) is 26.4 Å². The molecule has 14 heteroatoms. The number of alkyl halides is 3. The van der Waals surface area contributed by atoms with Gasteiger partial charge in [-0.1, -0.05) is 11.3 Å². The van der Waals surface area contributed by atoms with Gasteiger partial charge in [-0.05, 0) is 44.0 Å². The lowest BCUT2D eigenvalue weighted by Gasteiger charge is -2.11. The molecule has 0 unspecified atom stereocenters. The maximum atomic E-state index is 13.5. The molecule has 0 bridgehead atoms. The van der Waals surface area contributed by atoms with Crippen LogP contribution < -0.4 is 5.69 Å². The van der Waals surface area contributed by atoms with Crippen LogP contribution in [0.1, 0.15) is 35.7 Å². The molecule has 1 aromatic carbocycles. The molecule has 9 nitrogen and oxygen atoms in total. The Morgan fingerprint density at radius 2 is 1.91 bits per heavy atom. The van der Waals surface area contributed by atoms with E-state index in [1.165, 1.54) is 22.8 Å². The average molecular weight is 527 g/mol. The number of imidazole rings is 1. The van der Waals surface area contributed by atoms with Crippen LogP contribution in [0.3, 0.4) is 0 Å². The van der Waals surface area contributed by atoms with E-state index in [4.69, 9.17) is 0 Å². The van der Waals surface area contributed by atoms with E-state index < -0.39 is 39.0 Å². The van der Waals surface area contributed by atoms with Crippen molar-refractivity contribution in [1.82, 2.24) is 29.1 Å². The molecular weight excluding hydrogens is 505 g/mol. The molecule has 0 aliphatic heterocycles. The quantitative estimate of drug-likeness (QED) is 0.349. The summed E-state index contributed by atoms with van der Waals surface area (Å²) >= 11 is 0.548. The van der Waals surface area contributed by atoms with Crippen molar-refractivity contribution in [2.45, 2.75) is 37.6 Å². The Labute approximate surface area is 201 Å². The van der Waals surface area contributed by atoms with Crippen LogP contribution >= 0.6 is 11.3 Å². The van der Waals surface area contributed by atoms with Crippen LogP contribution in [0, 0.1) is 12.3 Å². The van der Waals surface area contributed by atoms with Crippen molar-refractivity contribution < 1.29 is 21.6 Å². The van der Waals surface area contributed by atoms with Gasteiger partial charge in [-0.15, -0.1) is 10.2 Å². The molecule has 1 aliphatic carbocycles. The third-order valence-corrected chi connectivity index (χ3v) is 9.10. The summed E-state index contributed by atoms with van der Waals surface area (Å²) in [5, 5.41) is 10.8. The van der Waals surface area contributed by atoms with Crippen LogP contribution in [-0.2, 0) is 23.4 Å². The normalized spacial score (nSPS) is 15.4. The summed E-state index contributed by atoms with van der Waals surface area (Å²) in [6, 6.07) is 5.99. The number of fused-ring (bicyclic) bond motifs is 1. The SMILES string of the molecule is Cc1cc(Cn2c(=O)n(-c3nnc(C(F)F)s3)c3cc(S(=O)(=O)CC4(CF)CC4)ccc32)n(C)n1. The second-order valence-electron chi connectivity index (χ2n) is 8.87. The van der Waals surface area contributed by atoms with Gasteiger partial charge in [0.2, 0.25) is 5.13 Å². The van der Waals surface area contributed by atoms with E-state index in [2.05, 4.69) is 15.3 Å².